The van der Waals surface area contributed by atoms with E-state index in [4.69, 9.17) is 4.74 Å². The lowest BCUT2D eigenvalue weighted by atomic mass is 10.1. The maximum Gasteiger partial charge on any atom is 0.0828 e. The summed E-state index contributed by atoms with van der Waals surface area (Å²) in [4.78, 5) is 5.12. The number of nitrogens with one attached hydrogen (secondary N) is 1. The summed E-state index contributed by atoms with van der Waals surface area (Å²) in [6.45, 7) is 6.19. The minimum Gasteiger partial charge on any atom is -0.376 e. The standard InChI is InChI=1S/C20H28N4O/c1-2-6-17(7-3-1)14-23-11-5-13-25-18(15-23)16-24-12-4-8-20(24)19-9-10-21-22-19/h1-3,6-7,9-10,18,20H,4-5,8,11-16H2,(H,21,22)/t18-,20-/m1/s1. The van der Waals surface area contributed by atoms with Gasteiger partial charge in [0.05, 0.1) is 17.8 Å². The van der Waals surface area contributed by atoms with Crippen molar-refractivity contribution in [3.8, 4) is 0 Å². The van der Waals surface area contributed by atoms with Crippen LogP contribution in [0.3, 0.4) is 0 Å². The summed E-state index contributed by atoms with van der Waals surface area (Å²) in [7, 11) is 0. The predicted octanol–water partition coefficient (Wildman–Crippen LogP) is 2.84. The maximum absolute atomic E-state index is 6.19. The maximum atomic E-state index is 6.19. The van der Waals surface area contributed by atoms with Crippen molar-refractivity contribution in [1.29, 1.82) is 0 Å². The first-order valence-corrected chi connectivity index (χ1v) is 9.50. The van der Waals surface area contributed by atoms with Gasteiger partial charge in [0.15, 0.2) is 0 Å². The van der Waals surface area contributed by atoms with Gasteiger partial charge in [-0.15, -0.1) is 0 Å². The molecule has 2 saturated heterocycles. The third kappa shape index (κ3) is 4.29. The van der Waals surface area contributed by atoms with Gasteiger partial charge in [-0.25, -0.2) is 0 Å². The second-order valence-corrected chi connectivity index (χ2v) is 7.23. The summed E-state index contributed by atoms with van der Waals surface area (Å²) in [5.74, 6) is 0. The molecule has 0 spiro atoms. The van der Waals surface area contributed by atoms with E-state index in [1.165, 1.54) is 24.1 Å². The van der Waals surface area contributed by atoms with Crippen LogP contribution in [-0.2, 0) is 11.3 Å². The number of rotatable bonds is 5. The second kappa shape index (κ2) is 8.13. The van der Waals surface area contributed by atoms with E-state index in [1.54, 1.807) is 0 Å². The molecule has 1 N–H and O–H groups in total. The van der Waals surface area contributed by atoms with Gasteiger partial charge in [-0.3, -0.25) is 14.9 Å². The molecule has 5 heteroatoms. The Morgan fingerprint density at radius 1 is 1.12 bits per heavy atom. The van der Waals surface area contributed by atoms with Gasteiger partial charge in [0, 0.05) is 39.0 Å². The molecule has 4 rings (SSSR count). The number of H-pyrrole nitrogens is 1. The molecule has 25 heavy (non-hydrogen) atoms. The molecule has 2 aliphatic heterocycles. The van der Waals surface area contributed by atoms with Crippen LogP contribution >= 0.6 is 0 Å². The molecule has 2 fully saturated rings. The molecule has 0 unspecified atom stereocenters. The van der Waals surface area contributed by atoms with E-state index < -0.39 is 0 Å². The Hall–Kier alpha value is -1.69. The van der Waals surface area contributed by atoms with Crippen molar-refractivity contribution in [2.24, 2.45) is 0 Å². The van der Waals surface area contributed by atoms with Crippen molar-refractivity contribution in [2.75, 3.05) is 32.8 Å². The molecule has 1 aromatic carbocycles. The van der Waals surface area contributed by atoms with Crippen LogP contribution in [0.1, 0.15) is 36.6 Å². The predicted molar refractivity (Wildman–Crippen MR) is 98.2 cm³/mol. The zero-order chi connectivity index (χ0) is 16.9. The minimum absolute atomic E-state index is 0.287. The van der Waals surface area contributed by atoms with Crippen LogP contribution < -0.4 is 0 Å². The lowest BCUT2D eigenvalue weighted by Gasteiger charge is -2.30. The Morgan fingerprint density at radius 2 is 2.04 bits per heavy atom. The van der Waals surface area contributed by atoms with E-state index in [9.17, 15) is 0 Å². The molecule has 2 aliphatic rings. The second-order valence-electron chi connectivity index (χ2n) is 7.23. The molecular formula is C20H28N4O. The molecule has 0 bridgehead atoms. The van der Waals surface area contributed by atoms with Gasteiger partial charge in [0.25, 0.3) is 0 Å². The highest BCUT2D eigenvalue weighted by Crippen LogP contribution is 2.31. The van der Waals surface area contributed by atoms with Crippen LogP contribution in [-0.4, -0.2) is 58.9 Å². The molecule has 0 radical (unpaired) electrons. The molecule has 3 heterocycles. The largest absolute Gasteiger partial charge is 0.376 e. The third-order valence-electron chi connectivity index (χ3n) is 5.37. The fraction of sp³-hybridized carbons (Fsp3) is 0.550. The molecule has 0 saturated carbocycles. The molecule has 2 aromatic rings. The quantitative estimate of drug-likeness (QED) is 0.909. The topological polar surface area (TPSA) is 44.4 Å². The van der Waals surface area contributed by atoms with E-state index in [1.807, 2.05) is 6.20 Å². The number of hydrogen-bond acceptors (Lipinski definition) is 4. The third-order valence-corrected chi connectivity index (χ3v) is 5.37. The summed E-state index contributed by atoms with van der Waals surface area (Å²) < 4.78 is 6.19. The first-order chi connectivity index (χ1) is 12.4. The van der Waals surface area contributed by atoms with E-state index in [2.05, 4.69) is 56.4 Å². The lowest BCUT2D eigenvalue weighted by Crippen LogP contribution is -2.40. The van der Waals surface area contributed by atoms with Crippen LogP contribution in [0.15, 0.2) is 42.6 Å². The van der Waals surface area contributed by atoms with Gasteiger partial charge >= 0.3 is 0 Å². The summed E-state index contributed by atoms with van der Waals surface area (Å²) in [6, 6.07) is 13.3. The van der Waals surface area contributed by atoms with Gasteiger partial charge < -0.3 is 4.74 Å². The van der Waals surface area contributed by atoms with Crippen LogP contribution in [0.2, 0.25) is 0 Å². The number of benzene rings is 1. The average molecular weight is 340 g/mol. The van der Waals surface area contributed by atoms with E-state index in [-0.39, 0.29) is 6.10 Å². The molecular weight excluding hydrogens is 312 g/mol. The average Bonchev–Trinajstić information content (AvgIpc) is 3.26. The number of ether oxygens (including phenoxy) is 1. The SMILES string of the molecule is c1ccc(CN2CCCO[C@@H](CN3CCC[C@@H]3c3ccn[nH]3)C2)cc1. The Balaban J connectivity index is 1.37. The monoisotopic (exact) mass is 340 g/mol. The summed E-state index contributed by atoms with van der Waals surface area (Å²) in [5, 5.41) is 7.29. The lowest BCUT2D eigenvalue weighted by molar-refractivity contribution is 0.0223. The van der Waals surface area contributed by atoms with E-state index >= 15 is 0 Å². The fourth-order valence-electron chi connectivity index (χ4n) is 4.18. The smallest absolute Gasteiger partial charge is 0.0828 e. The first kappa shape index (κ1) is 16.8. The van der Waals surface area contributed by atoms with Crippen molar-refractivity contribution < 1.29 is 4.74 Å². The number of hydrogen-bond donors (Lipinski definition) is 1. The van der Waals surface area contributed by atoms with Gasteiger partial charge in [0.1, 0.15) is 0 Å². The number of aromatic amines is 1. The van der Waals surface area contributed by atoms with E-state index in [0.29, 0.717) is 6.04 Å². The Morgan fingerprint density at radius 3 is 2.88 bits per heavy atom. The van der Waals surface area contributed by atoms with Gasteiger partial charge in [-0.05, 0) is 37.4 Å². The molecule has 2 atom stereocenters. The highest BCUT2D eigenvalue weighted by atomic mass is 16.5. The summed E-state index contributed by atoms with van der Waals surface area (Å²) in [6.07, 6.45) is 5.73. The minimum atomic E-state index is 0.287. The van der Waals surface area contributed by atoms with Crippen LogP contribution in [0.5, 0.6) is 0 Å². The van der Waals surface area contributed by atoms with Crippen molar-refractivity contribution >= 4 is 0 Å². The van der Waals surface area contributed by atoms with E-state index in [0.717, 1.165) is 45.8 Å². The molecule has 5 nitrogen and oxygen atoms in total. The zero-order valence-electron chi connectivity index (χ0n) is 14.8. The number of aromatic nitrogens is 2. The summed E-state index contributed by atoms with van der Waals surface area (Å²) in [5.41, 5.74) is 2.63. The zero-order valence-corrected chi connectivity index (χ0v) is 14.8. The molecule has 0 amide bonds. The van der Waals surface area contributed by atoms with Crippen molar-refractivity contribution in [1.82, 2.24) is 20.0 Å². The molecule has 0 aliphatic carbocycles. The normalized spacial score (nSPS) is 25.9. The highest BCUT2D eigenvalue weighted by molar-refractivity contribution is 5.14. The van der Waals surface area contributed by atoms with Crippen molar-refractivity contribution in [3.63, 3.8) is 0 Å². The van der Waals surface area contributed by atoms with Crippen LogP contribution in [0.4, 0.5) is 0 Å². The van der Waals surface area contributed by atoms with Crippen LogP contribution in [0, 0.1) is 0 Å². The Labute approximate surface area is 150 Å². The van der Waals surface area contributed by atoms with Gasteiger partial charge in [-0.2, -0.15) is 5.10 Å². The fourth-order valence-corrected chi connectivity index (χ4v) is 4.18. The molecule has 1 aromatic heterocycles. The van der Waals surface area contributed by atoms with Gasteiger partial charge in [0.2, 0.25) is 0 Å². The van der Waals surface area contributed by atoms with Gasteiger partial charge in [-0.1, -0.05) is 30.3 Å². The molecule has 134 valence electrons. The highest BCUT2D eigenvalue weighted by Gasteiger charge is 2.30. The Kier molecular flexibility index (Phi) is 5.45. The first-order valence-electron chi connectivity index (χ1n) is 9.50. The number of nitrogens with zero attached hydrogens (tertiary/aromatic N) is 3. The summed E-state index contributed by atoms with van der Waals surface area (Å²) >= 11 is 0. The van der Waals surface area contributed by atoms with Crippen molar-refractivity contribution in [3.05, 3.63) is 53.9 Å². The Bertz CT molecular complexity index is 630. The van der Waals surface area contributed by atoms with Crippen LogP contribution in [0.25, 0.3) is 0 Å². The van der Waals surface area contributed by atoms with Crippen molar-refractivity contribution in [2.45, 2.75) is 38.0 Å². The number of likely N-dealkylation sites (tertiary alicyclic amines) is 1.